The van der Waals surface area contributed by atoms with Gasteiger partial charge in [0.15, 0.2) is 0 Å². The molecule has 0 spiro atoms. The Balaban J connectivity index is 1.55. The van der Waals surface area contributed by atoms with Crippen LogP contribution in [-0.2, 0) is 36.8 Å². The normalized spacial score (nSPS) is 14.1. The van der Waals surface area contributed by atoms with Gasteiger partial charge < -0.3 is 42.5 Å². The summed E-state index contributed by atoms with van der Waals surface area (Å²) in [5.74, 6) is -4.68. The molecule has 4 atom stereocenters. The van der Waals surface area contributed by atoms with E-state index in [-0.39, 0.29) is 18.8 Å². The van der Waals surface area contributed by atoms with E-state index in [0.717, 1.165) is 27.4 Å². The van der Waals surface area contributed by atoms with E-state index in [0.29, 0.717) is 5.56 Å². The van der Waals surface area contributed by atoms with Crippen molar-refractivity contribution in [2.24, 2.45) is 17.4 Å². The third-order valence-corrected chi connectivity index (χ3v) is 7.50. The maximum atomic E-state index is 13.6. The van der Waals surface area contributed by atoms with Crippen molar-refractivity contribution in [1.29, 1.82) is 0 Å². The van der Waals surface area contributed by atoms with E-state index in [9.17, 15) is 29.1 Å². The van der Waals surface area contributed by atoms with Gasteiger partial charge in [0.05, 0.1) is 12.5 Å². The molecule has 2 aromatic carbocycles. The van der Waals surface area contributed by atoms with Gasteiger partial charge in [-0.2, -0.15) is 0 Å². The van der Waals surface area contributed by atoms with Crippen LogP contribution in [0.3, 0.4) is 0 Å². The molecule has 0 aliphatic carbocycles. The summed E-state index contributed by atoms with van der Waals surface area (Å²) in [5, 5.41) is 19.1. The van der Waals surface area contributed by atoms with E-state index >= 15 is 0 Å². The van der Waals surface area contributed by atoms with Crippen LogP contribution in [0.2, 0.25) is 0 Å². The van der Waals surface area contributed by atoms with Gasteiger partial charge in [-0.25, -0.2) is 4.79 Å². The Morgan fingerprint density at radius 1 is 0.727 bits per heavy atom. The van der Waals surface area contributed by atoms with E-state index in [1.165, 1.54) is 0 Å². The lowest BCUT2D eigenvalue weighted by molar-refractivity contribution is -0.142. The lowest BCUT2D eigenvalue weighted by Gasteiger charge is -2.25. The first-order valence-corrected chi connectivity index (χ1v) is 14.2. The van der Waals surface area contributed by atoms with Crippen LogP contribution >= 0.6 is 0 Å². The number of H-pyrrole nitrogens is 2. The van der Waals surface area contributed by atoms with E-state index in [4.69, 9.17) is 11.5 Å². The highest BCUT2D eigenvalue weighted by molar-refractivity contribution is 5.97. The standard InChI is InChI=1S/C31H37N7O6/c1-16(2)27(33)30(42)37-23(11-17-14-34-21-9-5-3-7-19(17)21)28(40)36-24(13-26(32)39)29(41)38-25(31(43)44)12-18-15-35-22-10-6-4-8-20(18)22/h3-10,14-16,23-25,27,34-35H,11-13,33H2,1-2H3,(H2,32,39)(H,36,40)(H,37,42)(H,38,41)(H,43,44). The van der Waals surface area contributed by atoms with E-state index in [1.807, 2.05) is 48.5 Å². The van der Waals surface area contributed by atoms with Crippen LogP contribution in [-0.4, -0.2) is 68.8 Å². The average molecular weight is 604 g/mol. The summed E-state index contributed by atoms with van der Waals surface area (Å²) in [5.41, 5.74) is 14.4. The van der Waals surface area contributed by atoms with Gasteiger partial charge in [-0.15, -0.1) is 0 Å². The summed E-state index contributed by atoms with van der Waals surface area (Å²) in [6, 6.07) is 9.75. The fraction of sp³-hybridized carbons (Fsp3) is 0.323. The second kappa shape index (κ2) is 13.9. The van der Waals surface area contributed by atoms with E-state index in [2.05, 4.69) is 25.9 Å². The number of fused-ring (bicyclic) bond motifs is 2. The summed E-state index contributed by atoms with van der Waals surface area (Å²) in [7, 11) is 0. The van der Waals surface area contributed by atoms with Crippen LogP contribution in [0.1, 0.15) is 31.4 Å². The number of nitrogens with two attached hydrogens (primary N) is 2. The molecular formula is C31H37N7O6. The lowest BCUT2D eigenvalue weighted by Crippen LogP contribution is -2.58. The van der Waals surface area contributed by atoms with Crippen molar-refractivity contribution in [2.45, 2.75) is 57.3 Å². The van der Waals surface area contributed by atoms with Crippen molar-refractivity contribution < 1.29 is 29.1 Å². The number of benzene rings is 2. The van der Waals surface area contributed by atoms with Crippen LogP contribution in [0.15, 0.2) is 60.9 Å². The van der Waals surface area contributed by atoms with Crippen molar-refractivity contribution in [2.75, 3.05) is 0 Å². The van der Waals surface area contributed by atoms with Gasteiger partial charge in [0, 0.05) is 47.0 Å². The Morgan fingerprint density at radius 2 is 1.18 bits per heavy atom. The number of carbonyl (C=O) groups excluding carboxylic acids is 4. The smallest absolute Gasteiger partial charge is 0.326 e. The monoisotopic (exact) mass is 603 g/mol. The molecule has 0 fully saturated rings. The Kier molecular flexibility index (Phi) is 10.0. The molecule has 4 aromatic rings. The number of hydrogen-bond acceptors (Lipinski definition) is 6. The maximum absolute atomic E-state index is 13.6. The number of aliphatic carboxylic acids is 1. The minimum absolute atomic E-state index is 0.0373. The molecule has 0 aliphatic heterocycles. The molecule has 2 aromatic heterocycles. The molecular weight excluding hydrogens is 566 g/mol. The quantitative estimate of drug-likeness (QED) is 0.103. The van der Waals surface area contributed by atoms with Crippen molar-refractivity contribution >= 4 is 51.4 Å². The number of hydrogen-bond donors (Lipinski definition) is 8. The first-order chi connectivity index (χ1) is 20.9. The van der Waals surface area contributed by atoms with Gasteiger partial charge in [-0.3, -0.25) is 19.2 Å². The second-order valence-corrected chi connectivity index (χ2v) is 11.1. The van der Waals surface area contributed by atoms with Gasteiger partial charge in [-0.1, -0.05) is 50.2 Å². The highest BCUT2D eigenvalue weighted by Crippen LogP contribution is 2.21. The molecule has 13 heteroatoms. The number of rotatable bonds is 14. The van der Waals surface area contributed by atoms with Crippen LogP contribution in [0, 0.1) is 5.92 Å². The number of nitrogens with one attached hydrogen (secondary N) is 5. The number of carbonyl (C=O) groups is 5. The minimum Gasteiger partial charge on any atom is -0.480 e. The number of para-hydroxylation sites is 2. The fourth-order valence-electron chi connectivity index (χ4n) is 4.98. The third-order valence-electron chi connectivity index (χ3n) is 7.50. The zero-order valence-corrected chi connectivity index (χ0v) is 24.4. The second-order valence-electron chi connectivity index (χ2n) is 11.1. The average Bonchev–Trinajstić information content (AvgIpc) is 3.59. The number of carboxylic acid groups (broad SMARTS) is 1. The molecule has 13 nitrogen and oxygen atoms in total. The third kappa shape index (κ3) is 7.61. The van der Waals surface area contributed by atoms with Gasteiger partial charge >= 0.3 is 5.97 Å². The molecule has 44 heavy (non-hydrogen) atoms. The summed E-state index contributed by atoms with van der Waals surface area (Å²) in [6.07, 6.45) is 2.76. The number of aromatic nitrogens is 2. The molecule has 4 rings (SSSR count). The van der Waals surface area contributed by atoms with Crippen LogP contribution in [0.4, 0.5) is 0 Å². The van der Waals surface area contributed by atoms with E-state index < -0.39 is 60.2 Å². The molecule has 0 bridgehead atoms. The fourth-order valence-corrected chi connectivity index (χ4v) is 4.98. The molecule has 4 unspecified atom stereocenters. The molecule has 232 valence electrons. The topological polar surface area (TPSA) is 225 Å². The summed E-state index contributed by atoms with van der Waals surface area (Å²) in [6.45, 7) is 3.53. The zero-order valence-electron chi connectivity index (χ0n) is 24.4. The van der Waals surface area contributed by atoms with Crippen molar-refractivity contribution in [1.82, 2.24) is 25.9 Å². The first kappa shape index (κ1) is 31.8. The minimum atomic E-state index is -1.51. The van der Waals surface area contributed by atoms with Crippen LogP contribution in [0.5, 0.6) is 0 Å². The molecule has 0 radical (unpaired) electrons. The SMILES string of the molecule is CC(C)C(N)C(=O)NC(Cc1c[nH]c2ccccc12)C(=O)NC(CC(N)=O)C(=O)NC(Cc1c[nH]c2ccccc12)C(=O)O. The van der Waals surface area contributed by atoms with Gasteiger partial charge in [0.1, 0.15) is 18.1 Å². The molecule has 0 aliphatic rings. The Morgan fingerprint density at radius 3 is 1.68 bits per heavy atom. The van der Waals surface area contributed by atoms with Crippen LogP contribution in [0.25, 0.3) is 21.8 Å². The maximum Gasteiger partial charge on any atom is 0.326 e. The molecule has 2 heterocycles. The van der Waals surface area contributed by atoms with Gasteiger partial charge in [-0.05, 0) is 29.2 Å². The van der Waals surface area contributed by atoms with Gasteiger partial charge in [0.25, 0.3) is 0 Å². The Labute approximate surface area is 253 Å². The number of amides is 4. The summed E-state index contributed by atoms with van der Waals surface area (Å²) >= 11 is 0. The Bertz CT molecular complexity index is 1680. The Hall–Kier alpha value is -5.17. The lowest BCUT2D eigenvalue weighted by atomic mass is 10.0. The molecule has 0 saturated heterocycles. The van der Waals surface area contributed by atoms with E-state index in [1.54, 1.807) is 26.2 Å². The predicted molar refractivity (Wildman–Crippen MR) is 164 cm³/mol. The van der Waals surface area contributed by atoms with Crippen molar-refractivity contribution in [3.8, 4) is 0 Å². The van der Waals surface area contributed by atoms with Crippen molar-refractivity contribution in [3.63, 3.8) is 0 Å². The molecule has 10 N–H and O–H groups in total. The largest absolute Gasteiger partial charge is 0.480 e. The number of aromatic amines is 2. The van der Waals surface area contributed by atoms with Gasteiger partial charge in [0.2, 0.25) is 23.6 Å². The summed E-state index contributed by atoms with van der Waals surface area (Å²) in [4.78, 5) is 70.1. The van der Waals surface area contributed by atoms with Crippen LogP contribution < -0.4 is 27.4 Å². The predicted octanol–water partition coefficient (Wildman–Crippen LogP) is 0.832. The highest BCUT2D eigenvalue weighted by atomic mass is 16.4. The first-order valence-electron chi connectivity index (χ1n) is 14.2. The summed E-state index contributed by atoms with van der Waals surface area (Å²) < 4.78 is 0. The van der Waals surface area contributed by atoms with Crippen molar-refractivity contribution in [3.05, 3.63) is 72.1 Å². The number of carboxylic acids is 1. The number of primary amides is 1. The molecule has 0 saturated carbocycles. The highest BCUT2D eigenvalue weighted by Gasteiger charge is 2.32. The molecule has 4 amide bonds. The zero-order chi connectivity index (χ0) is 32.0.